The Labute approximate surface area is 103 Å². The first-order valence-corrected chi connectivity index (χ1v) is 6.21. The number of nitrogens with one attached hydrogen (secondary N) is 2. The lowest BCUT2D eigenvalue weighted by Crippen LogP contribution is -2.34. The van der Waals surface area contributed by atoms with Crippen LogP contribution in [0.3, 0.4) is 0 Å². The van der Waals surface area contributed by atoms with Gasteiger partial charge < -0.3 is 10.6 Å². The number of carbonyl (C=O) groups is 1. The Bertz CT molecular complexity index is 436. The lowest BCUT2D eigenvalue weighted by atomic mass is 10.1. The van der Waals surface area contributed by atoms with E-state index in [0.717, 1.165) is 36.2 Å². The number of hydrogen-bond acceptors (Lipinski definition) is 2. The Morgan fingerprint density at radius 1 is 1.41 bits per heavy atom. The number of carbonyl (C=O) groups excluding carboxylic acids is 1. The van der Waals surface area contributed by atoms with Crippen LogP contribution in [0, 0.1) is 6.92 Å². The molecule has 1 aromatic carbocycles. The second-order valence-electron chi connectivity index (χ2n) is 5.09. The zero-order valence-corrected chi connectivity index (χ0v) is 10.8. The van der Waals surface area contributed by atoms with Gasteiger partial charge in [-0.2, -0.15) is 0 Å². The average Bonchev–Trinajstić information content (AvgIpc) is 2.99. The molecule has 2 N–H and O–H groups in total. The summed E-state index contributed by atoms with van der Waals surface area (Å²) in [6.07, 6.45) is 2.17. The predicted molar refractivity (Wildman–Crippen MR) is 70.4 cm³/mol. The number of hydrogen-bond donors (Lipinski definition) is 2. The monoisotopic (exact) mass is 232 g/mol. The minimum absolute atomic E-state index is 0.0321. The Kier molecular flexibility index (Phi) is 3.09. The van der Waals surface area contributed by atoms with Crippen LogP contribution in [0.2, 0.25) is 0 Å². The fourth-order valence-corrected chi connectivity index (χ4v) is 1.84. The standard InChI is InChI=1S/C14H20N2O/c1-4-15-12-6-5-10(2)9-11(12)13(17)16-14(3)7-8-14/h5-6,9,15H,4,7-8H2,1-3H3,(H,16,17). The molecule has 1 fully saturated rings. The molecule has 0 atom stereocenters. The van der Waals surface area contributed by atoms with Crippen LogP contribution < -0.4 is 10.6 Å². The van der Waals surface area contributed by atoms with E-state index in [0.29, 0.717) is 0 Å². The van der Waals surface area contributed by atoms with Crippen molar-refractivity contribution in [3.8, 4) is 0 Å². The highest BCUT2D eigenvalue weighted by atomic mass is 16.1. The minimum atomic E-state index is 0.0321. The molecule has 0 unspecified atom stereocenters. The number of amides is 1. The first-order chi connectivity index (χ1) is 8.04. The number of anilines is 1. The van der Waals surface area contributed by atoms with Crippen molar-refractivity contribution in [2.45, 2.75) is 39.2 Å². The summed E-state index contributed by atoms with van der Waals surface area (Å²) < 4.78 is 0. The smallest absolute Gasteiger partial charge is 0.253 e. The van der Waals surface area contributed by atoms with Crippen molar-refractivity contribution in [3.05, 3.63) is 29.3 Å². The maximum atomic E-state index is 12.2. The third-order valence-corrected chi connectivity index (χ3v) is 3.20. The van der Waals surface area contributed by atoms with E-state index in [4.69, 9.17) is 0 Å². The Morgan fingerprint density at radius 2 is 2.12 bits per heavy atom. The van der Waals surface area contributed by atoms with Gasteiger partial charge in [0.05, 0.1) is 5.56 Å². The van der Waals surface area contributed by atoms with Crippen LogP contribution in [0.1, 0.15) is 42.6 Å². The van der Waals surface area contributed by atoms with E-state index >= 15 is 0 Å². The third kappa shape index (κ3) is 2.78. The molecule has 0 bridgehead atoms. The van der Waals surface area contributed by atoms with E-state index in [-0.39, 0.29) is 11.4 Å². The molecule has 0 radical (unpaired) electrons. The van der Waals surface area contributed by atoms with E-state index in [2.05, 4.69) is 17.6 Å². The van der Waals surface area contributed by atoms with Gasteiger partial charge in [-0.1, -0.05) is 11.6 Å². The van der Waals surface area contributed by atoms with Crippen LogP contribution in [0.15, 0.2) is 18.2 Å². The summed E-state index contributed by atoms with van der Waals surface area (Å²) >= 11 is 0. The van der Waals surface area contributed by atoms with Crippen molar-refractivity contribution < 1.29 is 4.79 Å². The van der Waals surface area contributed by atoms with Crippen LogP contribution in [0.5, 0.6) is 0 Å². The first-order valence-electron chi connectivity index (χ1n) is 6.21. The fraction of sp³-hybridized carbons (Fsp3) is 0.500. The normalized spacial score (nSPS) is 16.4. The topological polar surface area (TPSA) is 41.1 Å². The minimum Gasteiger partial charge on any atom is -0.385 e. The van der Waals surface area contributed by atoms with E-state index < -0.39 is 0 Å². The number of rotatable bonds is 4. The second kappa shape index (κ2) is 4.40. The van der Waals surface area contributed by atoms with Gasteiger partial charge in [0.15, 0.2) is 0 Å². The van der Waals surface area contributed by atoms with Crippen molar-refractivity contribution in [1.29, 1.82) is 0 Å². The highest BCUT2D eigenvalue weighted by Gasteiger charge is 2.39. The predicted octanol–water partition coefficient (Wildman–Crippen LogP) is 2.71. The van der Waals surface area contributed by atoms with Crippen LogP contribution in [-0.2, 0) is 0 Å². The molecule has 1 aromatic rings. The van der Waals surface area contributed by atoms with Crippen LogP contribution in [0.4, 0.5) is 5.69 Å². The second-order valence-corrected chi connectivity index (χ2v) is 5.09. The molecule has 17 heavy (non-hydrogen) atoms. The maximum absolute atomic E-state index is 12.2. The zero-order valence-electron chi connectivity index (χ0n) is 10.8. The summed E-state index contributed by atoms with van der Waals surface area (Å²) in [4.78, 5) is 12.2. The van der Waals surface area contributed by atoms with E-state index in [1.54, 1.807) is 0 Å². The molecular weight excluding hydrogens is 212 g/mol. The molecule has 0 spiro atoms. The summed E-state index contributed by atoms with van der Waals surface area (Å²) in [6, 6.07) is 5.94. The van der Waals surface area contributed by atoms with Crippen LogP contribution in [-0.4, -0.2) is 18.0 Å². The van der Waals surface area contributed by atoms with Gasteiger partial charge in [0, 0.05) is 17.8 Å². The molecule has 0 saturated heterocycles. The quantitative estimate of drug-likeness (QED) is 0.838. The van der Waals surface area contributed by atoms with Gasteiger partial charge in [-0.25, -0.2) is 0 Å². The largest absolute Gasteiger partial charge is 0.385 e. The van der Waals surface area contributed by atoms with Crippen LogP contribution in [0.25, 0.3) is 0 Å². The molecule has 3 nitrogen and oxygen atoms in total. The van der Waals surface area contributed by atoms with Crippen molar-refractivity contribution in [1.82, 2.24) is 5.32 Å². The van der Waals surface area contributed by atoms with E-state index in [1.165, 1.54) is 0 Å². The lowest BCUT2D eigenvalue weighted by Gasteiger charge is -2.15. The Balaban J connectivity index is 2.22. The molecule has 0 heterocycles. The third-order valence-electron chi connectivity index (χ3n) is 3.20. The van der Waals surface area contributed by atoms with Gasteiger partial charge in [-0.05, 0) is 45.7 Å². The average molecular weight is 232 g/mol. The van der Waals surface area contributed by atoms with Crippen LogP contribution >= 0.6 is 0 Å². The van der Waals surface area contributed by atoms with Gasteiger partial charge in [0.25, 0.3) is 5.91 Å². The number of aryl methyl sites for hydroxylation is 1. The Morgan fingerprint density at radius 3 is 2.71 bits per heavy atom. The summed E-state index contributed by atoms with van der Waals surface area (Å²) in [5.74, 6) is 0.0321. The van der Waals surface area contributed by atoms with Gasteiger partial charge in [-0.15, -0.1) is 0 Å². The van der Waals surface area contributed by atoms with Crippen molar-refractivity contribution in [3.63, 3.8) is 0 Å². The maximum Gasteiger partial charge on any atom is 0.253 e. The molecular formula is C14H20N2O. The summed E-state index contributed by atoms with van der Waals surface area (Å²) in [5, 5.41) is 6.32. The van der Waals surface area contributed by atoms with E-state index in [1.807, 2.05) is 32.0 Å². The molecule has 0 aliphatic heterocycles. The molecule has 1 aliphatic carbocycles. The molecule has 2 rings (SSSR count). The first kappa shape index (κ1) is 12.0. The Hall–Kier alpha value is -1.51. The van der Waals surface area contributed by atoms with Gasteiger partial charge >= 0.3 is 0 Å². The summed E-state index contributed by atoms with van der Waals surface area (Å²) in [7, 11) is 0. The molecule has 3 heteroatoms. The van der Waals surface area contributed by atoms with Crippen molar-refractivity contribution in [2.24, 2.45) is 0 Å². The number of benzene rings is 1. The molecule has 1 saturated carbocycles. The molecule has 1 amide bonds. The molecule has 92 valence electrons. The summed E-state index contributed by atoms with van der Waals surface area (Å²) in [5.41, 5.74) is 2.81. The fourth-order valence-electron chi connectivity index (χ4n) is 1.84. The van der Waals surface area contributed by atoms with Gasteiger partial charge in [0.1, 0.15) is 0 Å². The van der Waals surface area contributed by atoms with Crippen molar-refractivity contribution in [2.75, 3.05) is 11.9 Å². The molecule has 0 aromatic heterocycles. The van der Waals surface area contributed by atoms with E-state index in [9.17, 15) is 4.79 Å². The zero-order chi connectivity index (χ0) is 12.5. The van der Waals surface area contributed by atoms with Gasteiger partial charge in [-0.3, -0.25) is 4.79 Å². The highest BCUT2D eigenvalue weighted by Crippen LogP contribution is 2.35. The highest BCUT2D eigenvalue weighted by molar-refractivity contribution is 6.00. The summed E-state index contributed by atoms with van der Waals surface area (Å²) in [6.45, 7) is 6.95. The SMILES string of the molecule is CCNc1ccc(C)cc1C(=O)NC1(C)CC1. The van der Waals surface area contributed by atoms with Crippen molar-refractivity contribution >= 4 is 11.6 Å². The van der Waals surface area contributed by atoms with Gasteiger partial charge in [0.2, 0.25) is 0 Å². The lowest BCUT2D eigenvalue weighted by molar-refractivity contribution is 0.0936. The molecule has 1 aliphatic rings.